The number of unbranched alkanes of at least 4 members (excludes halogenated alkanes) is 1. The standard InChI is InChI=1S/C21H29N5O6S/c1-4-5-12-26-18(22)17(19(27)23-21(26)29)24(2)20(28)14-8-9-15(32-3)16(13-14)33(30,31)25-10-6-7-11-25/h8-9,13H,4-7,10-12,22H2,1-3H3,(H,23,27,29). The molecule has 0 atom stereocenters. The van der Waals surface area contributed by atoms with Crippen molar-refractivity contribution in [3.63, 3.8) is 0 Å². The van der Waals surface area contributed by atoms with Gasteiger partial charge in [-0.05, 0) is 37.5 Å². The summed E-state index contributed by atoms with van der Waals surface area (Å²) < 4.78 is 34.1. The second kappa shape index (κ2) is 9.79. The summed E-state index contributed by atoms with van der Waals surface area (Å²) in [4.78, 5) is 41.0. The summed E-state index contributed by atoms with van der Waals surface area (Å²) in [6.45, 7) is 3.03. The van der Waals surface area contributed by atoms with Crippen molar-refractivity contribution in [3.05, 3.63) is 44.6 Å². The van der Waals surface area contributed by atoms with Gasteiger partial charge < -0.3 is 15.4 Å². The summed E-state index contributed by atoms with van der Waals surface area (Å²) in [5.74, 6) is -0.675. The number of nitrogens with zero attached hydrogens (tertiary/aromatic N) is 3. The lowest BCUT2D eigenvalue weighted by Gasteiger charge is -2.22. The van der Waals surface area contributed by atoms with Crippen molar-refractivity contribution in [2.75, 3.05) is 37.9 Å². The van der Waals surface area contributed by atoms with E-state index in [0.29, 0.717) is 19.5 Å². The molecule has 180 valence electrons. The van der Waals surface area contributed by atoms with Crippen LogP contribution >= 0.6 is 0 Å². The fourth-order valence-electron chi connectivity index (χ4n) is 3.81. The van der Waals surface area contributed by atoms with Crippen LogP contribution in [0.15, 0.2) is 32.7 Å². The molecular formula is C21H29N5O6S. The van der Waals surface area contributed by atoms with Gasteiger partial charge in [-0.25, -0.2) is 13.2 Å². The molecule has 0 saturated carbocycles. The second-order valence-electron chi connectivity index (χ2n) is 7.84. The van der Waals surface area contributed by atoms with Crippen molar-refractivity contribution in [1.82, 2.24) is 13.9 Å². The Morgan fingerprint density at radius 3 is 2.52 bits per heavy atom. The number of rotatable bonds is 8. The second-order valence-corrected chi connectivity index (χ2v) is 9.75. The minimum Gasteiger partial charge on any atom is -0.495 e. The highest BCUT2D eigenvalue weighted by Gasteiger charge is 2.31. The number of amides is 1. The number of sulfonamides is 1. The van der Waals surface area contributed by atoms with Crippen molar-refractivity contribution >= 4 is 27.4 Å². The monoisotopic (exact) mass is 479 g/mol. The number of nitrogens with one attached hydrogen (secondary N) is 1. The minimum atomic E-state index is -3.87. The van der Waals surface area contributed by atoms with E-state index in [4.69, 9.17) is 10.5 Å². The molecule has 1 aromatic carbocycles. The zero-order valence-electron chi connectivity index (χ0n) is 19.0. The molecule has 1 aliphatic heterocycles. The van der Waals surface area contributed by atoms with Crippen LogP contribution in [0.1, 0.15) is 43.0 Å². The number of aromatic nitrogens is 2. The first-order chi connectivity index (χ1) is 15.6. The van der Waals surface area contributed by atoms with Gasteiger partial charge in [0.05, 0.1) is 7.11 Å². The van der Waals surface area contributed by atoms with Crippen molar-refractivity contribution in [2.24, 2.45) is 0 Å². The molecule has 0 aliphatic carbocycles. The van der Waals surface area contributed by atoms with E-state index in [2.05, 4.69) is 4.98 Å². The van der Waals surface area contributed by atoms with E-state index >= 15 is 0 Å². The summed E-state index contributed by atoms with van der Waals surface area (Å²) in [6, 6.07) is 4.06. The number of nitrogen functional groups attached to an aromatic ring is 1. The van der Waals surface area contributed by atoms with Gasteiger partial charge in [0.2, 0.25) is 10.0 Å². The molecule has 3 rings (SSSR count). The van der Waals surface area contributed by atoms with Crippen LogP contribution in [0, 0.1) is 0 Å². The van der Waals surface area contributed by atoms with E-state index < -0.39 is 27.2 Å². The first-order valence-electron chi connectivity index (χ1n) is 10.7. The summed E-state index contributed by atoms with van der Waals surface area (Å²) in [5.41, 5.74) is 4.48. The third-order valence-electron chi connectivity index (χ3n) is 5.68. The third-order valence-corrected chi connectivity index (χ3v) is 7.60. The Morgan fingerprint density at radius 1 is 1.24 bits per heavy atom. The lowest BCUT2D eigenvalue weighted by Crippen LogP contribution is -2.39. The molecule has 1 amide bonds. The molecule has 2 heterocycles. The predicted molar refractivity (Wildman–Crippen MR) is 124 cm³/mol. The molecule has 12 heteroatoms. The fraction of sp³-hybridized carbons (Fsp3) is 0.476. The molecule has 0 unspecified atom stereocenters. The number of hydrogen-bond donors (Lipinski definition) is 2. The Labute approximate surface area is 191 Å². The van der Waals surface area contributed by atoms with E-state index in [1.54, 1.807) is 0 Å². The zero-order chi connectivity index (χ0) is 24.3. The molecule has 1 fully saturated rings. The first-order valence-corrected chi connectivity index (χ1v) is 12.2. The third kappa shape index (κ3) is 4.67. The van der Waals surface area contributed by atoms with Crippen LogP contribution in [0.5, 0.6) is 5.75 Å². The van der Waals surface area contributed by atoms with Crippen molar-refractivity contribution < 1.29 is 17.9 Å². The van der Waals surface area contributed by atoms with Gasteiger partial charge >= 0.3 is 5.69 Å². The molecular weight excluding hydrogens is 450 g/mol. The highest BCUT2D eigenvalue weighted by Crippen LogP contribution is 2.30. The Morgan fingerprint density at radius 2 is 1.91 bits per heavy atom. The Balaban J connectivity index is 2.04. The first kappa shape index (κ1) is 24.5. The number of anilines is 2. The number of nitrogens with two attached hydrogens (primary N) is 1. The van der Waals surface area contributed by atoms with E-state index in [1.165, 1.54) is 41.2 Å². The number of aromatic amines is 1. The number of methoxy groups -OCH3 is 1. The maximum atomic E-state index is 13.2. The van der Waals surface area contributed by atoms with Crippen LogP contribution in [0.4, 0.5) is 11.5 Å². The van der Waals surface area contributed by atoms with E-state index in [0.717, 1.165) is 24.2 Å². The topological polar surface area (TPSA) is 148 Å². The highest BCUT2D eigenvalue weighted by atomic mass is 32.2. The summed E-state index contributed by atoms with van der Waals surface area (Å²) in [6.07, 6.45) is 2.98. The Kier molecular flexibility index (Phi) is 7.28. The molecule has 0 spiro atoms. The van der Waals surface area contributed by atoms with Crippen LogP contribution < -0.4 is 26.6 Å². The molecule has 2 aromatic rings. The smallest absolute Gasteiger partial charge is 0.330 e. The van der Waals surface area contributed by atoms with E-state index in [1.807, 2.05) is 6.92 Å². The van der Waals surface area contributed by atoms with Crippen molar-refractivity contribution in [1.29, 1.82) is 0 Å². The number of H-pyrrole nitrogens is 1. The molecule has 33 heavy (non-hydrogen) atoms. The average Bonchev–Trinajstić information content (AvgIpc) is 3.33. The van der Waals surface area contributed by atoms with Gasteiger partial charge in [-0.2, -0.15) is 4.31 Å². The SMILES string of the molecule is CCCCn1c(N)c(N(C)C(=O)c2ccc(OC)c(S(=O)(=O)N3CCCC3)c2)c(=O)[nH]c1=O. The Hall–Kier alpha value is -3.12. The Bertz CT molecular complexity index is 1260. The number of benzene rings is 1. The number of hydrogen-bond acceptors (Lipinski definition) is 7. The van der Waals surface area contributed by atoms with Gasteiger partial charge in [-0.3, -0.25) is 19.1 Å². The number of carbonyl (C=O) groups is 1. The van der Waals surface area contributed by atoms with Crippen LogP contribution in [-0.2, 0) is 16.6 Å². The van der Waals surface area contributed by atoms with E-state index in [9.17, 15) is 22.8 Å². The molecule has 3 N–H and O–H groups in total. The maximum absolute atomic E-state index is 13.2. The predicted octanol–water partition coefficient (Wildman–Crippen LogP) is 0.989. The molecule has 1 aromatic heterocycles. The minimum absolute atomic E-state index is 0.0289. The van der Waals surface area contributed by atoms with Gasteiger partial charge in [0.1, 0.15) is 16.5 Å². The van der Waals surface area contributed by atoms with E-state index in [-0.39, 0.29) is 34.3 Å². The van der Waals surface area contributed by atoms with Crippen LogP contribution in [-0.4, -0.2) is 55.4 Å². The van der Waals surface area contributed by atoms with Gasteiger partial charge in [-0.1, -0.05) is 13.3 Å². The van der Waals surface area contributed by atoms with Gasteiger partial charge in [0, 0.05) is 32.2 Å². The lowest BCUT2D eigenvalue weighted by molar-refractivity contribution is 0.0992. The van der Waals surface area contributed by atoms with Crippen LogP contribution in [0.25, 0.3) is 0 Å². The summed E-state index contributed by atoms with van der Waals surface area (Å²) >= 11 is 0. The fourth-order valence-corrected chi connectivity index (χ4v) is 5.51. The van der Waals surface area contributed by atoms with Crippen LogP contribution in [0.2, 0.25) is 0 Å². The average molecular weight is 480 g/mol. The molecule has 1 saturated heterocycles. The zero-order valence-corrected chi connectivity index (χ0v) is 19.8. The summed E-state index contributed by atoms with van der Waals surface area (Å²) in [7, 11) is -1.17. The largest absolute Gasteiger partial charge is 0.495 e. The quantitative estimate of drug-likeness (QED) is 0.573. The van der Waals surface area contributed by atoms with Crippen LogP contribution in [0.3, 0.4) is 0 Å². The van der Waals surface area contributed by atoms with Crippen molar-refractivity contribution in [2.45, 2.75) is 44.0 Å². The number of carbonyl (C=O) groups excluding carboxylic acids is 1. The molecule has 0 bridgehead atoms. The molecule has 1 aliphatic rings. The van der Waals surface area contributed by atoms with Gasteiger partial charge in [0.25, 0.3) is 11.5 Å². The summed E-state index contributed by atoms with van der Waals surface area (Å²) in [5, 5.41) is 0. The maximum Gasteiger partial charge on any atom is 0.330 e. The highest BCUT2D eigenvalue weighted by molar-refractivity contribution is 7.89. The normalized spacial score (nSPS) is 14.4. The lowest BCUT2D eigenvalue weighted by atomic mass is 10.2. The molecule has 0 radical (unpaired) electrons. The number of ether oxygens (including phenoxy) is 1. The van der Waals surface area contributed by atoms with Crippen molar-refractivity contribution in [3.8, 4) is 5.75 Å². The van der Waals surface area contributed by atoms with Gasteiger partial charge in [0.15, 0.2) is 5.69 Å². The molecule has 11 nitrogen and oxygen atoms in total. The van der Waals surface area contributed by atoms with Gasteiger partial charge in [-0.15, -0.1) is 0 Å².